The Labute approximate surface area is 121 Å². The summed E-state index contributed by atoms with van der Waals surface area (Å²) < 4.78 is 27.3. The molecule has 0 atom stereocenters. The highest BCUT2D eigenvalue weighted by Crippen LogP contribution is 2.28. The molecule has 0 aliphatic carbocycles. The number of hydrogen-bond acceptors (Lipinski definition) is 5. The number of hydrogen-bond donors (Lipinski definition) is 3. The molecule has 0 radical (unpaired) electrons. The van der Waals surface area contributed by atoms with E-state index < -0.39 is 10.0 Å². The van der Waals surface area contributed by atoms with E-state index in [1.807, 2.05) is 0 Å². The molecule has 0 fully saturated rings. The van der Waals surface area contributed by atoms with Crippen molar-refractivity contribution in [1.82, 2.24) is 15.2 Å². The Balaban J connectivity index is 2.11. The molecule has 0 aliphatic heterocycles. The zero-order valence-corrected chi connectivity index (χ0v) is 12.0. The zero-order chi connectivity index (χ0) is 15.0. The van der Waals surface area contributed by atoms with Gasteiger partial charge in [-0.15, -0.1) is 0 Å². The molecule has 2 heterocycles. The highest BCUT2D eigenvalue weighted by molar-refractivity contribution is 7.92. The third-order valence-electron chi connectivity index (χ3n) is 3.12. The maximum absolute atomic E-state index is 12.4. The Bertz CT molecular complexity index is 917. The predicted octanol–water partition coefficient (Wildman–Crippen LogP) is 1.65. The number of sulfonamides is 1. The maximum atomic E-state index is 12.4. The van der Waals surface area contributed by atoms with E-state index in [1.54, 1.807) is 37.4 Å². The van der Waals surface area contributed by atoms with E-state index in [0.29, 0.717) is 28.0 Å². The number of aromatic amines is 1. The van der Waals surface area contributed by atoms with Crippen molar-refractivity contribution < 1.29 is 8.42 Å². The molecule has 2 aromatic heterocycles. The molecule has 0 aliphatic rings. The van der Waals surface area contributed by atoms with Gasteiger partial charge in [-0.2, -0.15) is 5.10 Å². The molecule has 21 heavy (non-hydrogen) atoms. The first-order valence-electron chi connectivity index (χ1n) is 6.15. The fourth-order valence-electron chi connectivity index (χ4n) is 2.09. The van der Waals surface area contributed by atoms with Crippen molar-refractivity contribution in [2.45, 2.75) is 11.8 Å². The van der Waals surface area contributed by atoms with Crippen molar-refractivity contribution in [2.24, 2.45) is 0 Å². The molecule has 0 bridgehead atoms. The molecular formula is C13H13N5O2S. The number of nitrogens with two attached hydrogens (primary N) is 1. The van der Waals surface area contributed by atoms with Crippen LogP contribution in [-0.2, 0) is 10.0 Å². The number of nitrogen functional groups attached to an aromatic ring is 1. The van der Waals surface area contributed by atoms with Gasteiger partial charge in [0.15, 0.2) is 0 Å². The first kappa shape index (κ1) is 13.4. The third-order valence-corrected chi connectivity index (χ3v) is 4.60. The monoisotopic (exact) mass is 303 g/mol. The van der Waals surface area contributed by atoms with Crippen molar-refractivity contribution in [3.63, 3.8) is 0 Å². The van der Waals surface area contributed by atoms with Crippen LogP contribution in [-0.4, -0.2) is 23.6 Å². The predicted molar refractivity (Wildman–Crippen MR) is 80.3 cm³/mol. The Morgan fingerprint density at radius 2 is 2.10 bits per heavy atom. The summed E-state index contributed by atoms with van der Waals surface area (Å²) in [5.74, 6) is 0. The standard InChI is InChI=1S/C13H13N5O2S/c1-8-12(7-16-17-8)21(19,20)18-11-5-4-10(14)13-9(11)3-2-6-15-13/h2-7,18H,14H2,1H3,(H,16,17). The van der Waals surface area contributed by atoms with Crippen molar-refractivity contribution in [3.05, 3.63) is 42.4 Å². The summed E-state index contributed by atoms with van der Waals surface area (Å²) in [4.78, 5) is 4.28. The molecule has 8 heteroatoms. The third kappa shape index (κ3) is 2.29. The van der Waals surface area contributed by atoms with Crippen molar-refractivity contribution in [2.75, 3.05) is 10.5 Å². The van der Waals surface area contributed by atoms with Crippen LogP contribution in [0.2, 0.25) is 0 Å². The summed E-state index contributed by atoms with van der Waals surface area (Å²) in [5.41, 5.74) is 7.80. The van der Waals surface area contributed by atoms with Crippen LogP contribution in [0.25, 0.3) is 10.9 Å². The van der Waals surface area contributed by atoms with Gasteiger partial charge in [0.1, 0.15) is 4.90 Å². The first-order valence-corrected chi connectivity index (χ1v) is 7.63. The van der Waals surface area contributed by atoms with Crippen LogP contribution in [0.3, 0.4) is 0 Å². The number of anilines is 2. The topological polar surface area (TPSA) is 114 Å². The normalized spacial score (nSPS) is 11.7. The number of aryl methyl sites for hydroxylation is 1. The van der Waals surface area contributed by atoms with Crippen LogP contribution < -0.4 is 10.5 Å². The van der Waals surface area contributed by atoms with E-state index in [2.05, 4.69) is 19.9 Å². The van der Waals surface area contributed by atoms with E-state index in [1.165, 1.54) is 6.20 Å². The smallest absolute Gasteiger partial charge is 0.265 e. The summed E-state index contributed by atoms with van der Waals surface area (Å²) in [6, 6.07) is 6.73. The quantitative estimate of drug-likeness (QED) is 0.637. The maximum Gasteiger partial charge on any atom is 0.265 e. The second-order valence-corrected chi connectivity index (χ2v) is 6.22. The minimum atomic E-state index is -3.72. The second-order valence-electron chi connectivity index (χ2n) is 4.57. The van der Waals surface area contributed by atoms with E-state index in [-0.39, 0.29) is 4.90 Å². The van der Waals surface area contributed by atoms with Gasteiger partial charge in [0, 0.05) is 11.6 Å². The van der Waals surface area contributed by atoms with Crippen molar-refractivity contribution in [1.29, 1.82) is 0 Å². The number of nitrogens with one attached hydrogen (secondary N) is 2. The van der Waals surface area contributed by atoms with Crippen LogP contribution in [0.5, 0.6) is 0 Å². The Hall–Kier alpha value is -2.61. The van der Waals surface area contributed by atoms with Gasteiger partial charge in [-0.25, -0.2) is 8.42 Å². The summed E-state index contributed by atoms with van der Waals surface area (Å²) in [5, 5.41) is 6.98. The number of H-pyrrole nitrogens is 1. The lowest BCUT2D eigenvalue weighted by atomic mass is 10.1. The SMILES string of the molecule is Cc1[nH]ncc1S(=O)(=O)Nc1ccc(N)c2ncccc12. The Morgan fingerprint density at radius 1 is 1.29 bits per heavy atom. The summed E-state index contributed by atoms with van der Waals surface area (Å²) >= 11 is 0. The van der Waals surface area contributed by atoms with Crippen molar-refractivity contribution >= 4 is 32.3 Å². The van der Waals surface area contributed by atoms with Gasteiger partial charge in [-0.05, 0) is 31.2 Å². The van der Waals surface area contributed by atoms with Gasteiger partial charge < -0.3 is 5.73 Å². The average Bonchev–Trinajstić information content (AvgIpc) is 2.89. The molecular weight excluding hydrogens is 290 g/mol. The van der Waals surface area contributed by atoms with Crippen LogP contribution in [0, 0.1) is 6.92 Å². The minimum Gasteiger partial charge on any atom is -0.397 e. The number of benzene rings is 1. The zero-order valence-electron chi connectivity index (χ0n) is 11.2. The van der Waals surface area contributed by atoms with Crippen LogP contribution in [0.4, 0.5) is 11.4 Å². The van der Waals surface area contributed by atoms with Gasteiger partial charge in [0.2, 0.25) is 0 Å². The molecule has 108 valence electrons. The van der Waals surface area contributed by atoms with Gasteiger partial charge in [-0.3, -0.25) is 14.8 Å². The highest BCUT2D eigenvalue weighted by atomic mass is 32.2. The molecule has 4 N–H and O–H groups in total. The van der Waals surface area contributed by atoms with Gasteiger partial charge >= 0.3 is 0 Å². The van der Waals surface area contributed by atoms with Crippen molar-refractivity contribution in [3.8, 4) is 0 Å². The van der Waals surface area contributed by atoms with E-state index in [0.717, 1.165) is 0 Å². The summed E-state index contributed by atoms with van der Waals surface area (Å²) in [6.07, 6.45) is 2.88. The molecule has 0 amide bonds. The van der Waals surface area contributed by atoms with Gasteiger partial charge in [0.25, 0.3) is 10.0 Å². The Kier molecular flexibility index (Phi) is 3.02. The lowest BCUT2D eigenvalue weighted by Gasteiger charge is -2.11. The highest BCUT2D eigenvalue weighted by Gasteiger charge is 2.20. The van der Waals surface area contributed by atoms with Crippen LogP contribution >= 0.6 is 0 Å². The van der Waals surface area contributed by atoms with Gasteiger partial charge in [0.05, 0.1) is 28.8 Å². The second kappa shape index (κ2) is 4.74. The van der Waals surface area contributed by atoms with E-state index in [9.17, 15) is 8.42 Å². The number of fused-ring (bicyclic) bond motifs is 1. The van der Waals surface area contributed by atoms with Gasteiger partial charge in [-0.1, -0.05) is 0 Å². The lowest BCUT2D eigenvalue weighted by Crippen LogP contribution is -2.13. The van der Waals surface area contributed by atoms with Crippen LogP contribution in [0.1, 0.15) is 5.69 Å². The molecule has 1 aromatic carbocycles. The molecule has 3 rings (SSSR count). The number of nitrogens with zero attached hydrogens (tertiary/aromatic N) is 2. The molecule has 0 unspecified atom stereocenters. The fraction of sp³-hybridized carbons (Fsp3) is 0.0769. The average molecular weight is 303 g/mol. The number of pyridine rings is 1. The molecule has 0 spiro atoms. The molecule has 3 aromatic rings. The minimum absolute atomic E-state index is 0.108. The molecule has 0 saturated heterocycles. The largest absolute Gasteiger partial charge is 0.397 e. The fourth-order valence-corrected chi connectivity index (χ4v) is 3.31. The summed E-state index contributed by atoms with van der Waals surface area (Å²) in [6.45, 7) is 1.64. The molecule has 7 nitrogen and oxygen atoms in total. The molecule has 0 saturated carbocycles. The van der Waals surface area contributed by atoms with Crippen LogP contribution in [0.15, 0.2) is 41.6 Å². The van der Waals surface area contributed by atoms with E-state index in [4.69, 9.17) is 5.73 Å². The van der Waals surface area contributed by atoms with E-state index >= 15 is 0 Å². The lowest BCUT2D eigenvalue weighted by molar-refractivity contribution is 0.601. The number of rotatable bonds is 3. The Morgan fingerprint density at radius 3 is 2.81 bits per heavy atom. The summed E-state index contributed by atoms with van der Waals surface area (Å²) in [7, 11) is -3.72. The first-order chi connectivity index (χ1) is 9.99. The number of aromatic nitrogens is 3.